The van der Waals surface area contributed by atoms with Crippen molar-refractivity contribution in [3.8, 4) is 22.6 Å². The highest BCUT2D eigenvalue weighted by molar-refractivity contribution is 7.88. The zero-order valence-corrected chi connectivity index (χ0v) is 20.9. The van der Waals surface area contributed by atoms with Gasteiger partial charge in [-0.25, -0.2) is 13.6 Å². The number of primary sulfonamides is 1. The Kier molecular flexibility index (Phi) is 8.38. The number of alkyl halides is 2. The van der Waals surface area contributed by atoms with Crippen molar-refractivity contribution in [3.63, 3.8) is 0 Å². The molecular weight excluding hydrogens is 480 g/mol. The number of carbonyl (C=O) groups excluding carboxylic acids is 1. The number of nitrogens with two attached hydrogens (primary N) is 1. The van der Waals surface area contributed by atoms with Gasteiger partial charge in [-0.15, -0.1) is 0 Å². The molecule has 0 aromatic heterocycles. The van der Waals surface area contributed by atoms with Crippen LogP contribution >= 0.6 is 0 Å². The fraction of sp³-hybridized carbons (Fsp3) is 0.480. The first kappa shape index (κ1) is 26.9. The highest BCUT2D eigenvalue weighted by Gasteiger charge is 2.31. The summed E-state index contributed by atoms with van der Waals surface area (Å²) in [7, 11) is -3.76. The quantitative estimate of drug-likeness (QED) is 0.323. The molecular formula is C25H31F2NO6S. The minimum atomic E-state index is -3.76. The lowest BCUT2D eigenvalue weighted by molar-refractivity contribution is -0.153. The van der Waals surface area contributed by atoms with E-state index in [1.165, 1.54) is 6.07 Å². The molecule has 35 heavy (non-hydrogen) atoms. The van der Waals surface area contributed by atoms with E-state index in [-0.39, 0.29) is 17.5 Å². The minimum Gasteiger partial charge on any atom is -0.485 e. The lowest BCUT2D eigenvalue weighted by Gasteiger charge is -2.31. The molecule has 1 aliphatic heterocycles. The predicted octanol–water partition coefficient (Wildman–Crippen LogP) is 5.33. The molecule has 2 aromatic carbocycles. The number of sulfonamides is 1. The van der Waals surface area contributed by atoms with Gasteiger partial charge in [0.15, 0.2) is 0 Å². The molecule has 0 radical (unpaired) electrons. The molecule has 2 aromatic rings. The average molecular weight is 512 g/mol. The van der Waals surface area contributed by atoms with Crippen LogP contribution in [0, 0.1) is 5.41 Å². The van der Waals surface area contributed by atoms with E-state index < -0.39 is 28.2 Å². The molecule has 0 saturated heterocycles. The number of rotatable bonds is 11. The van der Waals surface area contributed by atoms with Gasteiger partial charge in [-0.1, -0.05) is 30.7 Å². The lowest BCUT2D eigenvalue weighted by Crippen LogP contribution is -2.26. The molecule has 2 N–H and O–H groups in total. The Hall–Kier alpha value is -2.72. The van der Waals surface area contributed by atoms with Gasteiger partial charge in [0.25, 0.3) is 0 Å². The van der Waals surface area contributed by atoms with Crippen LogP contribution in [0.4, 0.5) is 8.78 Å². The third-order valence-corrected chi connectivity index (χ3v) is 6.66. The van der Waals surface area contributed by atoms with Gasteiger partial charge in [0.05, 0.1) is 23.3 Å². The first-order chi connectivity index (χ1) is 16.4. The molecule has 1 atom stereocenters. The molecule has 7 nitrogen and oxygen atoms in total. The zero-order valence-electron chi connectivity index (χ0n) is 20.1. The highest BCUT2D eigenvalue weighted by atomic mass is 32.2. The molecule has 3 rings (SSSR count). The van der Waals surface area contributed by atoms with Crippen LogP contribution in [-0.2, 0) is 25.3 Å². The second kappa shape index (κ2) is 10.9. The topological polar surface area (TPSA) is 105 Å². The van der Waals surface area contributed by atoms with Gasteiger partial charge in [0, 0.05) is 5.56 Å². The Morgan fingerprint density at radius 1 is 1.20 bits per heavy atom. The molecule has 0 spiro atoms. The van der Waals surface area contributed by atoms with Crippen LogP contribution in [-0.4, -0.2) is 27.6 Å². The summed E-state index contributed by atoms with van der Waals surface area (Å²) in [6.07, 6.45) is 2.21. The molecule has 1 heterocycles. The number of fused-ring (bicyclic) bond motifs is 3. The minimum absolute atomic E-state index is 0.0208. The maximum absolute atomic E-state index is 13.0. The third-order valence-electron chi connectivity index (χ3n) is 5.92. The van der Waals surface area contributed by atoms with Crippen LogP contribution in [0.15, 0.2) is 36.4 Å². The summed E-state index contributed by atoms with van der Waals surface area (Å²) in [5.74, 6) is -0.213. The molecule has 192 valence electrons. The van der Waals surface area contributed by atoms with Gasteiger partial charge < -0.3 is 14.2 Å². The Labute approximate surface area is 204 Å². The van der Waals surface area contributed by atoms with Crippen LogP contribution in [0.25, 0.3) is 11.1 Å². The Morgan fingerprint density at radius 3 is 2.60 bits per heavy atom. The van der Waals surface area contributed by atoms with Gasteiger partial charge in [0.2, 0.25) is 10.0 Å². The van der Waals surface area contributed by atoms with Crippen molar-refractivity contribution >= 4 is 16.0 Å². The fourth-order valence-corrected chi connectivity index (χ4v) is 4.90. The number of hydrogen-bond acceptors (Lipinski definition) is 6. The molecule has 0 aliphatic carbocycles. The average Bonchev–Trinajstić information content (AvgIpc) is 2.75. The second-order valence-corrected chi connectivity index (χ2v) is 10.8. The van der Waals surface area contributed by atoms with Crippen molar-refractivity contribution in [1.82, 2.24) is 0 Å². The number of unbranched alkanes of at least 4 members (excludes halogenated alkanes) is 1. The lowest BCUT2D eigenvalue weighted by atomic mass is 9.85. The summed E-state index contributed by atoms with van der Waals surface area (Å²) in [6, 6.07) is 9.69. The number of hydrogen-bond donors (Lipinski definition) is 1. The molecule has 1 unspecified atom stereocenters. The molecule has 1 aliphatic rings. The van der Waals surface area contributed by atoms with Crippen LogP contribution in [0.5, 0.6) is 11.5 Å². The molecule has 0 saturated carbocycles. The Balaban J connectivity index is 1.87. The molecule has 0 bridgehead atoms. The van der Waals surface area contributed by atoms with Crippen molar-refractivity contribution in [2.45, 2.75) is 64.9 Å². The van der Waals surface area contributed by atoms with E-state index >= 15 is 0 Å². The zero-order chi connectivity index (χ0) is 25.8. The number of benzene rings is 2. The van der Waals surface area contributed by atoms with E-state index in [2.05, 4.69) is 0 Å². The maximum atomic E-state index is 13.0. The summed E-state index contributed by atoms with van der Waals surface area (Å²) < 4.78 is 65.4. The second-order valence-electron chi connectivity index (χ2n) is 9.19. The van der Waals surface area contributed by atoms with Crippen molar-refractivity contribution in [2.75, 3.05) is 6.61 Å². The van der Waals surface area contributed by atoms with E-state index in [0.29, 0.717) is 47.5 Å². The Bertz CT molecular complexity index is 1170. The largest absolute Gasteiger partial charge is 0.485 e. The third kappa shape index (κ3) is 6.91. The van der Waals surface area contributed by atoms with E-state index in [4.69, 9.17) is 19.3 Å². The van der Waals surface area contributed by atoms with Gasteiger partial charge in [-0.3, -0.25) is 4.79 Å². The van der Waals surface area contributed by atoms with Gasteiger partial charge in [-0.2, -0.15) is 8.78 Å². The van der Waals surface area contributed by atoms with E-state index in [9.17, 15) is 22.0 Å². The normalized spacial score (nSPS) is 15.2. The number of ether oxygens (including phenoxy) is 3. The summed E-state index contributed by atoms with van der Waals surface area (Å²) in [6.45, 7) is 2.78. The fourth-order valence-electron chi connectivity index (χ4n) is 4.25. The summed E-state index contributed by atoms with van der Waals surface area (Å²) in [5.41, 5.74) is 1.56. The smallest absolute Gasteiger partial charge is 0.387 e. The summed E-state index contributed by atoms with van der Waals surface area (Å²) in [4.78, 5) is 12.1. The van der Waals surface area contributed by atoms with Crippen molar-refractivity contribution < 1.29 is 36.2 Å². The van der Waals surface area contributed by atoms with Crippen LogP contribution < -0.4 is 14.6 Å². The number of esters is 1. The number of carbonyl (C=O) groups is 1. The molecule has 0 fully saturated rings. The van der Waals surface area contributed by atoms with E-state index in [1.807, 2.05) is 13.8 Å². The summed E-state index contributed by atoms with van der Waals surface area (Å²) in [5, 5.41) is 5.22. The van der Waals surface area contributed by atoms with Crippen LogP contribution in [0.2, 0.25) is 0 Å². The van der Waals surface area contributed by atoms with Gasteiger partial charge >= 0.3 is 12.6 Å². The van der Waals surface area contributed by atoms with Crippen molar-refractivity contribution in [1.29, 1.82) is 0 Å². The molecule has 10 heteroatoms. The predicted molar refractivity (Wildman–Crippen MR) is 128 cm³/mol. The maximum Gasteiger partial charge on any atom is 0.387 e. The monoisotopic (exact) mass is 511 g/mol. The Morgan fingerprint density at radius 2 is 1.94 bits per heavy atom. The van der Waals surface area contributed by atoms with E-state index in [0.717, 1.165) is 12.8 Å². The van der Waals surface area contributed by atoms with Crippen LogP contribution in [0.3, 0.4) is 0 Å². The standard InChI is InChI=1S/C25H31F2NO6S/c1-4-32-23(29)25(2,3)13-6-5-8-19-18-14-16(15-35(28,30)31)11-12-17(18)22-20(33-19)9-7-10-21(22)34-24(26)27/h7,9-12,14,19,24H,4-6,8,13,15H2,1-3H3,(H2,28,30,31). The molecule has 0 amide bonds. The number of halogens is 2. The first-order valence-electron chi connectivity index (χ1n) is 11.5. The van der Waals surface area contributed by atoms with Crippen LogP contribution in [0.1, 0.15) is 63.7 Å². The van der Waals surface area contributed by atoms with Gasteiger partial charge in [0.1, 0.15) is 17.6 Å². The summed E-state index contributed by atoms with van der Waals surface area (Å²) >= 11 is 0. The highest BCUT2D eigenvalue weighted by Crippen LogP contribution is 2.49. The first-order valence-corrected chi connectivity index (χ1v) is 13.2. The van der Waals surface area contributed by atoms with E-state index in [1.54, 1.807) is 37.3 Å². The van der Waals surface area contributed by atoms with Crippen molar-refractivity contribution in [2.24, 2.45) is 10.6 Å². The SMILES string of the molecule is CCOC(=O)C(C)(C)CCCCC1Oc2cccc(OC(F)F)c2-c2ccc(CS(N)(=O)=O)cc21. The van der Waals surface area contributed by atoms with Gasteiger partial charge in [-0.05, 0) is 63.3 Å². The van der Waals surface area contributed by atoms with Crippen molar-refractivity contribution in [3.05, 3.63) is 47.5 Å².